The summed E-state index contributed by atoms with van der Waals surface area (Å²) in [5.41, 5.74) is 5.08. The number of alkyl carbamates (subject to hydrolysis) is 1. The van der Waals surface area contributed by atoms with Crippen molar-refractivity contribution in [2.75, 3.05) is 19.0 Å². The molecular formula is C25H26F3N5O6. The van der Waals surface area contributed by atoms with E-state index in [-0.39, 0.29) is 36.3 Å². The average molecular weight is 550 g/mol. The number of hydrogen-bond donors (Lipinski definition) is 4. The quantitative estimate of drug-likeness (QED) is 0.254. The largest absolute Gasteiger partial charge is 0.485 e. The van der Waals surface area contributed by atoms with Crippen molar-refractivity contribution in [1.29, 1.82) is 0 Å². The number of amides is 3. The SMILES string of the molecule is COC(=O)N[C@@H](CC/C=C/C(N)=O)C(=O)Nc1cccn(Cc2cc3cc(F)cc(OCC(F)F)c3[nH]2)c1=O. The van der Waals surface area contributed by atoms with Crippen molar-refractivity contribution in [2.45, 2.75) is 31.9 Å². The molecule has 1 atom stereocenters. The number of nitrogens with zero attached hydrogens (tertiary/aromatic N) is 1. The summed E-state index contributed by atoms with van der Waals surface area (Å²) in [7, 11) is 1.12. The fraction of sp³-hybridized carbons (Fsp3) is 0.280. The highest BCUT2D eigenvalue weighted by Crippen LogP contribution is 2.28. The minimum atomic E-state index is -2.75. The van der Waals surface area contributed by atoms with Gasteiger partial charge in [0.1, 0.15) is 29.9 Å². The lowest BCUT2D eigenvalue weighted by molar-refractivity contribution is -0.118. The number of H-pyrrole nitrogens is 1. The van der Waals surface area contributed by atoms with Gasteiger partial charge in [-0.2, -0.15) is 0 Å². The van der Waals surface area contributed by atoms with Gasteiger partial charge in [-0.15, -0.1) is 0 Å². The van der Waals surface area contributed by atoms with Crippen LogP contribution in [-0.4, -0.2) is 53.6 Å². The Morgan fingerprint density at radius 3 is 2.69 bits per heavy atom. The smallest absolute Gasteiger partial charge is 0.407 e. The van der Waals surface area contributed by atoms with Gasteiger partial charge in [0.2, 0.25) is 11.8 Å². The lowest BCUT2D eigenvalue weighted by Gasteiger charge is -2.17. The Bertz CT molecular complexity index is 1440. The molecule has 3 aromatic rings. The summed E-state index contributed by atoms with van der Waals surface area (Å²) >= 11 is 0. The van der Waals surface area contributed by atoms with Crippen LogP contribution < -0.4 is 26.7 Å². The highest BCUT2D eigenvalue weighted by Gasteiger charge is 2.22. The number of carbonyl (C=O) groups excluding carboxylic acids is 3. The lowest BCUT2D eigenvalue weighted by atomic mass is 10.1. The molecule has 0 saturated heterocycles. The molecule has 0 radical (unpaired) electrons. The van der Waals surface area contributed by atoms with Crippen LogP contribution >= 0.6 is 0 Å². The number of pyridine rings is 1. The van der Waals surface area contributed by atoms with Crippen LogP contribution in [0.2, 0.25) is 0 Å². The summed E-state index contributed by atoms with van der Waals surface area (Å²) in [6, 6.07) is 5.50. The molecule has 11 nitrogen and oxygen atoms in total. The number of carbonyl (C=O) groups is 3. The molecule has 0 aliphatic rings. The number of nitrogens with one attached hydrogen (secondary N) is 3. The third kappa shape index (κ3) is 8.12. The first-order valence-corrected chi connectivity index (χ1v) is 11.6. The van der Waals surface area contributed by atoms with E-state index in [0.717, 1.165) is 19.3 Å². The second-order valence-electron chi connectivity index (χ2n) is 8.28. The molecule has 5 N–H and O–H groups in total. The molecule has 3 rings (SSSR count). The predicted molar refractivity (Wildman–Crippen MR) is 135 cm³/mol. The van der Waals surface area contributed by atoms with Gasteiger partial charge in [-0.25, -0.2) is 18.0 Å². The number of primary amides is 1. The minimum Gasteiger partial charge on any atom is -0.485 e. The summed E-state index contributed by atoms with van der Waals surface area (Å²) in [5, 5.41) is 5.20. The molecule has 3 amide bonds. The fourth-order valence-corrected chi connectivity index (χ4v) is 3.68. The Morgan fingerprint density at radius 1 is 1.23 bits per heavy atom. The van der Waals surface area contributed by atoms with Gasteiger partial charge in [0, 0.05) is 23.3 Å². The summed E-state index contributed by atoms with van der Waals surface area (Å²) in [6.45, 7) is -0.948. The molecule has 0 spiro atoms. The summed E-state index contributed by atoms with van der Waals surface area (Å²) in [6.07, 6.45) is 0.691. The van der Waals surface area contributed by atoms with E-state index >= 15 is 0 Å². The van der Waals surface area contributed by atoms with E-state index < -0.39 is 48.4 Å². The molecule has 0 aliphatic carbocycles. The molecular weight excluding hydrogens is 523 g/mol. The highest BCUT2D eigenvalue weighted by atomic mass is 19.3. The topological polar surface area (TPSA) is 158 Å². The van der Waals surface area contributed by atoms with Gasteiger partial charge in [-0.05, 0) is 43.2 Å². The predicted octanol–water partition coefficient (Wildman–Crippen LogP) is 2.65. The van der Waals surface area contributed by atoms with Crippen molar-refractivity contribution in [2.24, 2.45) is 5.73 Å². The number of rotatable bonds is 12. The van der Waals surface area contributed by atoms with Crippen molar-refractivity contribution >= 4 is 34.5 Å². The molecule has 14 heteroatoms. The van der Waals surface area contributed by atoms with Crippen molar-refractivity contribution in [1.82, 2.24) is 14.9 Å². The number of aromatic nitrogens is 2. The summed E-state index contributed by atoms with van der Waals surface area (Å²) in [4.78, 5) is 51.4. The molecule has 39 heavy (non-hydrogen) atoms. The number of nitrogens with two attached hydrogens (primary N) is 1. The second-order valence-corrected chi connectivity index (χ2v) is 8.28. The van der Waals surface area contributed by atoms with Crippen LogP contribution in [0.3, 0.4) is 0 Å². The number of alkyl halides is 2. The number of anilines is 1. The van der Waals surface area contributed by atoms with E-state index in [1.165, 1.54) is 35.0 Å². The van der Waals surface area contributed by atoms with Crippen LogP contribution in [0.5, 0.6) is 5.75 Å². The normalized spacial score (nSPS) is 12.0. The average Bonchev–Trinajstić information content (AvgIpc) is 3.28. The number of hydrogen-bond acceptors (Lipinski definition) is 6. The number of aromatic amines is 1. The molecule has 0 bridgehead atoms. The maximum Gasteiger partial charge on any atom is 0.407 e. The monoisotopic (exact) mass is 549 g/mol. The maximum atomic E-state index is 14.0. The van der Waals surface area contributed by atoms with Crippen LogP contribution in [0.25, 0.3) is 10.9 Å². The van der Waals surface area contributed by atoms with E-state index in [2.05, 4.69) is 20.4 Å². The molecule has 0 fully saturated rings. The summed E-state index contributed by atoms with van der Waals surface area (Å²) in [5.74, 6) is -2.15. The molecule has 2 aromatic heterocycles. The lowest BCUT2D eigenvalue weighted by Crippen LogP contribution is -2.44. The van der Waals surface area contributed by atoms with Gasteiger partial charge in [-0.3, -0.25) is 14.4 Å². The molecule has 0 aliphatic heterocycles. The van der Waals surface area contributed by atoms with Gasteiger partial charge in [-0.1, -0.05) is 6.08 Å². The Labute approximate surface area is 219 Å². The Balaban J connectivity index is 1.79. The van der Waals surface area contributed by atoms with E-state index in [9.17, 15) is 32.3 Å². The number of allylic oxidation sites excluding steroid dienone is 1. The highest BCUT2D eigenvalue weighted by molar-refractivity contribution is 5.96. The van der Waals surface area contributed by atoms with Gasteiger partial charge in [0.15, 0.2) is 0 Å². The maximum absolute atomic E-state index is 14.0. The summed E-state index contributed by atoms with van der Waals surface area (Å²) < 4.78 is 49.9. The number of ether oxygens (including phenoxy) is 2. The van der Waals surface area contributed by atoms with Crippen LogP contribution in [0.4, 0.5) is 23.7 Å². The third-order valence-corrected chi connectivity index (χ3v) is 5.39. The van der Waals surface area contributed by atoms with Gasteiger partial charge >= 0.3 is 6.09 Å². The first-order valence-electron chi connectivity index (χ1n) is 11.6. The van der Waals surface area contributed by atoms with Crippen molar-refractivity contribution in [3.05, 3.63) is 70.5 Å². The first kappa shape index (κ1) is 28.8. The second kappa shape index (κ2) is 13.2. The molecule has 0 saturated carbocycles. The molecule has 1 aromatic carbocycles. The van der Waals surface area contributed by atoms with Crippen LogP contribution in [0, 0.1) is 5.82 Å². The Hall–Kier alpha value is -4.75. The number of fused-ring (bicyclic) bond motifs is 1. The van der Waals surface area contributed by atoms with Crippen molar-refractivity contribution < 1.29 is 37.0 Å². The van der Waals surface area contributed by atoms with Crippen molar-refractivity contribution in [3.8, 4) is 5.75 Å². The van der Waals surface area contributed by atoms with E-state index in [4.69, 9.17) is 10.5 Å². The Morgan fingerprint density at radius 2 is 2.00 bits per heavy atom. The zero-order chi connectivity index (χ0) is 28.5. The molecule has 2 heterocycles. The first-order chi connectivity index (χ1) is 18.6. The minimum absolute atomic E-state index is 0.0329. The zero-order valence-corrected chi connectivity index (χ0v) is 20.7. The number of benzene rings is 1. The van der Waals surface area contributed by atoms with Crippen LogP contribution in [-0.2, 0) is 20.9 Å². The van der Waals surface area contributed by atoms with Crippen molar-refractivity contribution in [3.63, 3.8) is 0 Å². The van der Waals surface area contributed by atoms with E-state index in [0.29, 0.717) is 11.1 Å². The molecule has 208 valence electrons. The van der Waals surface area contributed by atoms with Crippen LogP contribution in [0.1, 0.15) is 18.5 Å². The van der Waals surface area contributed by atoms with Gasteiger partial charge in [0.05, 0.1) is 19.2 Å². The third-order valence-electron chi connectivity index (χ3n) is 5.39. The Kier molecular flexibility index (Phi) is 9.73. The number of halogens is 3. The molecule has 0 unspecified atom stereocenters. The van der Waals surface area contributed by atoms with E-state index in [1.807, 2.05) is 0 Å². The van der Waals surface area contributed by atoms with Gasteiger partial charge < -0.3 is 35.4 Å². The zero-order valence-electron chi connectivity index (χ0n) is 20.7. The number of methoxy groups -OCH3 is 1. The van der Waals surface area contributed by atoms with Gasteiger partial charge in [0.25, 0.3) is 12.0 Å². The van der Waals surface area contributed by atoms with Crippen LogP contribution in [0.15, 0.2) is 53.5 Å². The standard InChI is InChI=1S/C25H26F3N5O6/c1-38-25(37)32-17(5-2-3-7-21(29)34)23(35)31-18-6-4-8-33(24(18)36)12-16-10-14-9-15(26)11-19(22(14)30-16)39-13-20(27)28/h3-4,6-11,17,20,30H,2,5,12-13H2,1H3,(H2,29,34)(H,31,35)(H,32,37)/b7-3+/t17-/m0/s1. The fourth-order valence-electron chi connectivity index (χ4n) is 3.68. The van der Waals surface area contributed by atoms with E-state index in [1.54, 1.807) is 6.07 Å².